The van der Waals surface area contributed by atoms with Crippen molar-refractivity contribution in [3.63, 3.8) is 0 Å². The number of carbonyl (C=O) groups is 1. The van der Waals surface area contributed by atoms with Gasteiger partial charge in [0.15, 0.2) is 11.3 Å². The molecule has 152 valence electrons. The number of aromatic nitrogens is 1. The summed E-state index contributed by atoms with van der Waals surface area (Å²) in [5.41, 5.74) is 3.33. The van der Waals surface area contributed by atoms with Crippen LogP contribution in [0, 0.1) is 0 Å². The first-order valence-corrected chi connectivity index (χ1v) is 10.1. The van der Waals surface area contributed by atoms with E-state index >= 15 is 0 Å². The second kappa shape index (κ2) is 7.95. The highest BCUT2D eigenvalue weighted by Crippen LogP contribution is 2.31. The van der Waals surface area contributed by atoms with E-state index in [0.717, 1.165) is 11.1 Å². The van der Waals surface area contributed by atoms with Crippen LogP contribution in [0.15, 0.2) is 87.7 Å². The van der Waals surface area contributed by atoms with E-state index in [9.17, 15) is 4.79 Å². The van der Waals surface area contributed by atoms with Crippen molar-refractivity contribution < 1.29 is 13.6 Å². The molecule has 1 amide bonds. The van der Waals surface area contributed by atoms with Crippen LogP contribution < -0.4 is 5.32 Å². The summed E-state index contributed by atoms with van der Waals surface area (Å²) in [4.78, 5) is 17.2. The van der Waals surface area contributed by atoms with Gasteiger partial charge < -0.3 is 14.2 Å². The summed E-state index contributed by atoms with van der Waals surface area (Å²) in [7, 11) is 0. The fourth-order valence-electron chi connectivity index (χ4n) is 3.19. The highest BCUT2D eigenvalue weighted by molar-refractivity contribution is 6.34. The molecule has 0 saturated heterocycles. The number of halogens is 2. The topological polar surface area (TPSA) is 68.3 Å². The van der Waals surface area contributed by atoms with Gasteiger partial charge in [0.2, 0.25) is 5.89 Å². The van der Waals surface area contributed by atoms with Gasteiger partial charge in [-0.25, -0.2) is 4.98 Å². The van der Waals surface area contributed by atoms with Crippen molar-refractivity contribution in [3.8, 4) is 22.8 Å². The molecule has 5 aromatic rings. The minimum Gasteiger partial charge on any atom is -0.451 e. The molecule has 0 fully saturated rings. The number of fused-ring (bicyclic) bond motifs is 1. The predicted octanol–water partition coefficient (Wildman–Crippen LogP) is 7.31. The van der Waals surface area contributed by atoms with Crippen molar-refractivity contribution in [1.82, 2.24) is 4.98 Å². The molecule has 7 heteroatoms. The van der Waals surface area contributed by atoms with Gasteiger partial charge >= 0.3 is 0 Å². The maximum Gasteiger partial charge on any atom is 0.291 e. The van der Waals surface area contributed by atoms with Crippen molar-refractivity contribution in [2.75, 3.05) is 5.32 Å². The molecule has 31 heavy (non-hydrogen) atoms. The van der Waals surface area contributed by atoms with Gasteiger partial charge in [0.05, 0.1) is 10.7 Å². The molecule has 5 nitrogen and oxygen atoms in total. The maximum atomic E-state index is 12.7. The number of hydrogen-bond donors (Lipinski definition) is 1. The lowest BCUT2D eigenvalue weighted by atomic mass is 10.2. The zero-order valence-electron chi connectivity index (χ0n) is 15.9. The molecule has 0 bridgehead atoms. The maximum absolute atomic E-state index is 12.7. The van der Waals surface area contributed by atoms with Crippen molar-refractivity contribution in [3.05, 3.63) is 94.7 Å². The third-order valence-corrected chi connectivity index (χ3v) is 5.26. The zero-order valence-corrected chi connectivity index (χ0v) is 17.4. The van der Waals surface area contributed by atoms with Gasteiger partial charge in [-0.3, -0.25) is 4.79 Å². The van der Waals surface area contributed by atoms with Crippen LogP contribution in [-0.2, 0) is 0 Å². The first-order chi connectivity index (χ1) is 15.1. The van der Waals surface area contributed by atoms with E-state index in [1.807, 2.05) is 36.4 Å². The van der Waals surface area contributed by atoms with E-state index in [0.29, 0.717) is 38.5 Å². The highest BCUT2D eigenvalue weighted by Gasteiger charge is 2.16. The van der Waals surface area contributed by atoms with Crippen LogP contribution in [0.2, 0.25) is 10.0 Å². The predicted molar refractivity (Wildman–Crippen MR) is 122 cm³/mol. The van der Waals surface area contributed by atoms with Gasteiger partial charge in [0.25, 0.3) is 5.91 Å². The van der Waals surface area contributed by atoms with Gasteiger partial charge in [-0.05, 0) is 54.6 Å². The number of benzene rings is 3. The Morgan fingerprint density at radius 3 is 2.55 bits per heavy atom. The third kappa shape index (κ3) is 3.93. The standard InChI is InChI=1S/C24H14Cl2N2O3/c25-16-5-3-4-14(12-16)20-10-11-22(30-20)23(29)27-19-13-15(8-9-17(19)26)24-28-18-6-1-2-7-21(18)31-24/h1-13H,(H,27,29). The number of amides is 1. The van der Waals surface area contributed by atoms with Gasteiger partial charge in [0.1, 0.15) is 11.3 Å². The fourth-order valence-corrected chi connectivity index (χ4v) is 3.55. The van der Waals surface area contributed by atoms with Crippen LogP contribution in [0.4, 0.5) is 5.69 Å². The Labute approximate surface area is 187 Å². The average molecular weight is 449 g/mol. The molecule has 5 rings (SSSR count). The van der Waals surface area contributed by atoms with E-state index in [2.05, 4.69) is 10.3 Å². The summed E-state index contributed by atoms with van der Waals surface area (Å²) < 4.78 is 11.5. The Morgan fingerprint density at radius 1 is 0.839 bits per heavy atom. The van der Waals surface area contributed by atoms with Crippen molar-refractivity contribution in [1.29, 1.82) is 0 Å². The zero-order chi connectivity index (χ0) is 21.4. The molecule has 0 aliphatic rings. The van der Waals surface area contributed by atoms with Gasteiger partial charge in [-0.15, -0.1) is 0 Å². The van der Waals surface area contributed by atoms with Gasteiger partial charge in [0, 0.05) is 16.1 Å². The molecule has 1 N–H and O–H groups in total. The number of rotatable bonds is 4. The number of nitrogens with one attached hydrogen (secondary N) is 1. The molecule has 0 atom stereocenters. The molecule has 2 heterocycles. The lowest BCUT2D eigenvalue weighted by Crippen LogP contribution is -2.11. The first-order valence-electron chi connectivity index (χ1n) is 9.39. The van der Waals surface area contributed by atoms with Crippen molar-refractivity contribution in [2.24, 2.45) is 0 Å². The summed E-state index contributed by atoms with van der Waals surface area (Å²) in [5, 5.41) is 3.76. The van der Waals surface area contributed by atoms with Crippen LogP contribution >= 0.6 is 23.2 Å². The summed E-state index contributed by atoms with van der Waals surface area (Å²) in [5.74, 6) is 0.705. The second-order valence-corrected chi connectivity index (χ2v) is 7.65. The van der Waals surface area contributed by atoms with E-state index in [1.54, 1.807) is 42.5 Å². The van der Waals surface area contributed by atoms with Gasteiger partial charge in [-0.1, -0.05) is 47.5 Å². The van der Waals surface area contributed by atoms with Crippen LogP contribution in [0.25, 0.3) is 33.9 Å². The SMILES string of the molecule is O=C(Nc1cc(-c2nc3ccccc3o2)ccc1Cl)c1ccc(-c2cccc(Cl)c2)o1. The quantitative estimate of drug-likeness (QED) is 0.312. The molecule has 2 aromatic heterocycles. The monoisotopic (exact) mass is 448 g/mol. The minimum absolute atomic E-state index is 0.151. The normalized spacial score (nSPS) is 11.0. The summed E-state index contributed by atoms with van der Waals surface area (Å²) in [6.07, 6.45) is 0. The number of carbonyl (C=O) groups excluding carboxylic acids is 1. The fraction of sp³-hybridized carbons (Fsp3) is 0. The Kier molecular flexibility index (Phi) is 4.98. The lowest BCUT2D eigenvalue weighted by Gasteiger charge is -2.07. The number of oxazole rings is 1. The Balaban J connectivity index is 1.41. The van der Waals surface area contributed by atoms with E-state index in [1.165, 1.54) is 0 Å². The number of anilines is 1. The molecular weight excluding hydrogens is 435 g/mol. The summed E-state index contributed by atoms with van der Waals surface area (Å²) in [6.45, 7) is 0. The Morgan fingerprint density at radius 2 is 1.71 bits per heavy atom. The van der Waals surface area contributed by atoms with Crippen LogP contribution in [0.5, 0.6) is 0 Å². The molecule has 3 aromatic carbocycles. The van der Waals surface area contributed by atoms with Crippen LogP contribution in [0.3, 0.4) is 0 Å². The minimum atomic E-state index is -0.426. The molecule has 0 aliphatic carbocycles. The molecule has 0 spiro atoms. The first kappa shape index (κ1) is 19.4. The summed E-state index contributed by atoms with van der Waals surface area (Å²) in [6, 6.07) is 23.2. The van der Waals surface area contributed by atoms with E-state index in [4.69, 9.17) is 32.0 Å². The molecule has 0 aliphatic heterocycles. The Bertz CT molecular complexity index is 1390. The van der Waals surface area contributed by atoms with Crippen molar-refractivity contribution in [2.45, 2.75) is 0 Å². The third-order valence-electron chi connectivity index (χ3n) is 4.69. The van der Waals surface area contributed by atoms with Crippen molar-refractivity contribution >= 4 is 45.9 Å². The smallest absolute Gasteiger partial charge is 0.291 e. The van der Waals surface area contributed by atoms with E-state index < -0.39 is 5.91 Å². The number of furan rings is 1. The highest BCUT2D eigenvalue weighted by atomic mass is 35.5. The number of nitrogens with zero attached hydrogens (tertiary/aromatic N) is 1. The number of hydrogen-bond acceptors (Lipinski definition) is 4. The second-order valence-electron chi connectivity index (χ2n) is 6.81. The van der Waals surface area contributed by atoms with Crippen LogP contribution in [-0.4, -0.2) is 10.9 Å². The largest absolute Gasteiger partial charge is 0.451 e. The molecule has 0 radical (unpaired) electrons. The van der Waals surface area contributed by atoms with E-state index in [-0.39, 0.29) is 5.76 Å². The summed E-state index contributed by atoms with van der Waals surface area (Å²) >= 11 is 12.3. The Hall–Kier alpha value is -3.54. The molecular formula is C24H14Cl2N2O3. The molecule has 0 unspecified atom stereocenters. The van der Waals surface area contributed by atoms with Gasteiger partial charge in [-0.2, -0.15) is 0 Å². The number of para-hydroxylation sites is 2. The molecule has 0 saturated carbocycles. The van der Waals surface area contributed by atoms with Crippen LogP contribution in [0.1, 0.15) is 10.6 Å². The lowest BCUT2D eigenvalue weighted by molar-refractivity contribution is 0.0997. The average Bonchev–Trinajstić information content (AvgIpc) is 3.43.